The Balaban J connectivity index is 1.45. The summed E-state index contributed by atoms with van der Waals surface area (Å²) < 4.78 is 22.9. The van der Waals surface area contributed by atoms with Crippen LogP contribution >= 0.6 is 0 Å². The summed E-state index contributed by atoms with van der Waals surface area (Å²) in [6.45, 7) is 4.13. The van der Waals surface area contributed by atoms with Crippen molar-refractivity contribution in [1.29, 1.82) is 0 Å². The zero-order valence-corrected chi connectivity index (χ0v) is 21.1. The van der Waals surface area contributed by atoms with E-state index < -0.39 is 11.9 Å². The molecule has 0 fully saturated rings. The first-order valence-corrected chi connectivity index (χ1v) is 12.1. The SMILES string of the molecule is COc1cc(C2c3c(oc4ccccc4c3=O)C(=O)N2c2cc(C)on2)ccc1OCc1ccc(C)cc1. The summed E-state index contributed by atoms with van der Waals surface area (Å²) in [5, 5.41) is 4.46. The molecule has 190 valence electrons. The fourth-order valence-electron chi connectivity index (χ4n) is 4.76. The molecule has 3 heterocycles. The van der Waals surface area contributed by atoms with E-state index >= 15 is 0 Å². The van der Waals surface area contributed by atoms with Gasteiger partial charge in [0.15, 0.2) is 22.7 Å². The van der Waals surface area contributed by atoms with Gasteiger partial charge in [-0.1, -0.05) is 53.2 Å². The molecule has 0 radical (unpaired) electrons. The summed E-state index contributed by atoms with van der Waals surface area (Å²) >= 11 is 0. The normalized spacial score (nSPS) is 14.7. The Morgan fingerprint density at radius 1 is 0.947 bits per heavy atom. The summed E-state index contributed by atoms with van der Waals surface area (Å²) in [6.07, 6.45) is 0. The predicted molar refractivity (Wildman–Crippen MR) is 141 cm³/mol. The molecule has 6 rings (SSSR count). The Labute approximate surface area is 218 Å². The van der Waals surface area contributed by atoms with Crippen molar-refractivity contribution >= 4 is 22.7 Å². The molecule has 38 heavy (non-hydrogen) atoms. The van der Waals surface area contributed by atoms with Crippen LogP contribution < -0.4 is 19.8 Å². The Hall–Kier alpha value is -4.85. The highest BCUT2D eigenvalue weighted by molar-refractivity contribution is 6.10. The van der Waals surface area contributed by atoms with Gasteiger partial charge in [-0.15, -0.1) is 0 Å². The van der Waals surface area contributed by atoms with Gasteiger partial charge in [0, 0.05) is 6.07 Å². The second-order valence-electron chi connectivity index (χ2n) is 9.23. The zero-order valence-electron chi connectivity index (χ0n) is 21.1. The van der Waals surface area contributed by atoms with Gasteiger partial charge in [0.05, 0.1) is 24.1 Å². The van der Waals surface area contributed by atoms with Crippen LogP contribution in [0, 0.1) is 13.8 Å². The van der Waals surface area contributed by atoms with E-state index in [1.807, 2.05) is 37.3 Å². The third-order valence-electron chi connectivity index (χ3n) is 6.66. The fraction of sp³-hybridized carbons (Fsp3) is 0.167. The molecule has 0 spiro atoms. The van der Waals surface area contributed by atoms with Crippen LogP contribution in [0.2, 0.25) is 0 Å². The van der Waals surface area contributed by atoms with E-state index in [9.17, 15) is 9.59 Å². The van der Waals surface area contributed by atoms with Gasteiger partial charge in [-0.3, -0.25) is 14.5 Å². The molecule has 1 aliphatic rings. The van der Waals surface area contributed by atoms with Crippen molar-refractivity contribution < 1.29 is 23.2 Å². The molecule has 0 aliphatic carbocycles. The Bertz CT molecular complexity index is 1730. The molecule has 0 saturated carbocycles. The molecule has 8 heteroatoms. The van der Waals surface area contributed by atoms with E-state index in [1.165, 1.54) is 10.5 Å². The van der Waals surface area contributed by atoms with Crippen molar-refractivity contribution in [2.45, 2.75) is 26.5 Å². The van der Waals surface area contributed by atoms with Gasteiger partial charge in [-0.2, -0.15) is 0 Å². The first-order valence-electron chi connectivity index (χ1n) is 12.1. The van der Waals surface area contributed by atoms with Gasteiger partial charge in [0.2, 0.25) is 5.76 Å². The standard InChI is InChI=1S/C30H24N2O6/c1-17-8-10-19(11-9-17)16-36-23-13-12-20(15-24(23)35-3)27-26-28(33)21-6-4-5-7-22(21)37-29(26)30(34)32(27)25-14-18(2)38-31-25/h4-15,27H,16H2,1-3H3. The van der Waals surface area contributed by atoms with Gasteiger partial charge < -0.3 is 18.4 Å². The minimum absolute atomic E-state index is 0.0157. The number of amides is 1. The number of rotatable bonds is 6. The van der Waals surface area contributed by atoms with E-state index in [1.54, 1.807) is 56.5 Å². The van der Waals surface area contributed by atoms with Gasteiger partial charge in [-0.05, 0) is 49.2 Å². The van der Waals surface area contributed by atoms with Crippen LogP contribution in [0.15, 0.2) is 86.5 Å². The van der Waals surface area contributed by atoms with Crippen LogP contribution in [0.5, 0.6) is 11.5 Å². The number of carbonyl (C=O) groups excluding carboxylic acids is 1. The number of ether oxygens (including phenoxy) is 2. The predicted octanol–water partition coefficient (Wildman–Crippen LogP) is 5.74. The number of anilines is 1. The quantitative estimate of drug-likeness (QED) is 0.289. The number of hydrogen-bond donors (Lipinski definition) is 0. The maximum absolute atomic E-state index is 13.7. The molecule has 2 aromatic heterocycles. The van der Waals surface area contributed by atoms with Crippen LogP contribution in [0.3, 0.4) is 0 Å². The maximum Gasteiger partial charge on any atom is 0.296 e. The molecule has 8 nitrogen and oxygen atoms in total. The number of aromatic nitrogens is 1. The topological polar surface area (TPSA) is 95.0 Å². The summed E-state index contributed by atoms with van der Waals surface area (Å²) in [6, 6.07) is 21.2. The number of para-hydroxylation sites is 1. The summed E-state index contributed by atoms with van der Waals surface area (Å²) in [7, 11) is 1.55. The number of aryl methyl sites for hydroxylation is 2. The van der Waals surface area contributed by atoms with E-state index in [0.29, 0.717) is 40.4 Å². The Morgan fingerprint density at radius 3 is 2.47 bits per heavy atom. The molecule has 1 unspecified atom stereocenters. The lowest BCUT2D eigenvalue weighted by atomic mass is 9.98. The zero-order chi connectivity index (χ0) is 26.4. The second kappa shape index (κ2) is 9.23. The molecular formula is C30H24N2O6. The average molecular weight is 509 g/mol. The third-order valence-corrected chi connectivity index (χ3v) is 6.66. The van der Waals surface area contributed by atoms with Crippen LogP contribution in [0.4, 0.5) is 5.82 Å². The summed E-state index contributed by atoms with van der Waals surface area (Å²) in [5.74, 6) is 1.33. The van der Waals surface area contributed by atoms with Crippen molar-refractivity contribution in [1.82, 2.24) is 5.16 Å². The molecule has 1 amide bonds. The number of benzene rings is 3. The molecular weight excluding hydrogens is 484 g/mol. The number of nitrogens with zero attached hydrogens (tertiary/aromatic N) is 2. The van der Waals surface area contributed by atoms with Crippen molar-refractivity contribution in [3.63, 3.8) is 0 Å². The van der Waals surface area contributed by atoms with E-state index in [2.05, 4.69) is 5.16 Å². The Morgan fingerprint density at radius 2 is 1.74 bits per heavy atom. The van der Waals surface area contributed by atoms with E-state index in [-0.39, 0.29) is 22.6 Å². The van der Waals surface area contributed by atoms with Gasteiger partial charge in [-0.25, -0.2) is 0 Å². The maximum atomic E-state index is 13.7. The minimum Gasteiger partial charge on any atom is -0.493 e. The van der Waals surface area contributed by atoms with Gasteiger partial charge in [0.25, 0.3) is 5.91 Å². The molecule has 1 aliphatic heterocycles. The highest BCUT2D eigenvalue weighted by Crippen LogP contribution is 2.43. The molecule has 1 atom stereocenters. The van der Waals surface area contributed by atoms with Crippen LogP contribution in [0.25, 0.3) is 11.0 Å². The van der Waals surface area contributed by atoms with Crippen molar-refractivity contribution in [2.24, 2.45) is 0 Å². The minimum atomic E-state index is -0.803. The number of fused-ring (bicyclic) bond motifs is 2. The van der Waals surface area contributed by atoms with Crippen LogP contribution in [-0.4, -0.2) is 18.2 Å². The number of carbonyl (C=O) groups is 1. The molecule has 0 bridgehead atoms. The summed E-state index contributed by atoms with van der Waals surface area (Å²) in [5.41, 5.74) is 3.14. The first-order chi connectivity index (χ1) is 18.4. The molecule has 0 N–H and O–H groups in total. The smallest absolute Gasteiger partial charge is 0.296 e. The highest BCUT2D eigenvalue weighted by atomic mass is 16.5. The van der Waals surface area contributed by atoms with Crippen molar-refractivity contribution in [3.05, 3.63) is 117 Å². The Kier molecular flexibility index (Phi) is 5.72. The largest absolute Gasteiger partial charge is 0.493 e. The molecule has 3 aromatic carbocycles. The first kappa shape index (κ1) is 23.5. The monoisotopic (exact) mass is 508 g/mol. The van der Waals surface area contributed by atoms with Crippen LogP contribution in [-0.2, 0) is 6.61 Å². The van der Waals surface area contributed by atoms with Crippen molar-refractivity contribution in [3.8, 4) is 11.5 Å². The van der Waals surface area contributed by atoms with Gasteiger partial charge >= 0.3 is 0 Å². The summed E-state index contributed by atoms with van der Waals surface area (Å²) in [4.78, 5) is 28.8. The molecule has 0 saturated heterocycles. The lowest BCUT2D eigenvalue weighted by molar-refractivity contribution is 0.0969. The number of methoxy groups -OCH3 is 1. The highest BCUT2D eigenvalue weighted by Gasteiger charge is 2.45. The van der Waals surface area contributed by atoms with E-state index in [0.717, 1.165) is 5.56 Å². The van der Waals surface area contributed by atoms with Crippen LogP contribution in [0.1, 0.15) is 44.6 Å². The van der Waals surface area contributed by atoms with Gasteiger partial charge in [0.1, 0.15) is 18.0 Å². The third kappa shape index (κ3) is 3.91. The lowest BCUT2D eigenvalue weighted by Gasteiger charge is -2.23. The number of hydrogen-bond acceptors (Lipinski definition) is 7. The van der Waals surface area contributed by atoms with E-state index in [4.69, 9.17) is 18.4 Å². The lowest BCUT2D eigenvalue weighted by Crippen LogP contribution is -2.29. The second-order valence-corrected chi connectivity index (χ2v) is 9.23. The fourth-order valence-corrected chi connectivity index (χ4v) is 4.76. The van der Waals surface area contributed by atoms with Crippen molar-refractivity contribution in [2.75, 3.05) is 12.0 Å². The average Bonchev–Trinajstić information content (AvgIpc) is 3.49. The molecule has 5 aromatic rings.